The van der Waals surface area contributed by atoms with E-state index in [-0.39, 0.29) is 0 Å². The van der Waals surface area contributed by atoms with E-state index in [1.807, 2.05) is 12.1 Å². The molecular weight excluding hydrogens is 190 g/mol. The highest BCUT2D eigenvalue weighted by molar-refractivity contribution is 5.68. The van der Waals surface area contributed by atoms with Crippen LogP contribution in [0.25, 0.3) is 11.3 Å². The first-order valence-corrected chi connectivity index (χ1v) is 4.11. The molecule has 1 radical (unpaired) electrons. The molecule has 0 spiro atoms. The molecule has 0 aliphatic carbocycles. The number of nitrogens with zero attached hydrogens (tertiary/aromatic N) is 3. The van der Waals surface area contributed by atoms with E-state index in [1.54, 1.807) is 18.2 Å². The maximum absolute atomic E-state index is 8.88. The zero-order valence-corrected chi connectivity index (χ0v) is 7.56. The lowest BCUT2D eigenvalue weighted by atomic mass is 10.0. The fourth-order valence-electron chi connectivity index (χ4n) is 1.23. The molecule has 0 aliphatic rings. The van der Waals surface area contributed by atoms with Crippen LogP contribution in [-0.4, -0.2) is 4.98 Å². The number of oxazole rings is 1. The number of nitriles is 2. The summed E-state index contributed by atoms with van der Waals surface area (Å²) in [4.78, 5) is 3.82. The minimum Gasteiger partial charge on any atom is -0.440 e. The molecular formula is C11H4N3O. The van der Waals surface area contributed by atoms with Gasteiger partial charge < -0.3 is 4.42 Å². The zero-order valence-electron chi connectivity index (χ0n) is 7.56. The molecule has 0 N–H and O–H groups in total. The smallest absolute Gasteiger partial charge is 0.284 e. The summed E-state index contributed by atoms with van der Waals surface area (Å²) in [6, 6.07) is 8.81. The van der Waals surface area contributed by atoms with Gasteiger partial charge in [0.05, 0.1) is 23.3 Å². The number of benzene rings is 1. The Morgan fingerprint density at radius 1 is 1.27 bits per heavy atom. The van der Waals surface area contributed by atoms with E-state index in [4.69, 9.17) is 14.9 Å². The highest BCUT2D eigenvalue weighted by Gasteiger charge is 2.08. The average Bonchev–Trinajstić information content (AvgIpc) is 2.81. The van der Waals surface area contributed by atoms with Gasteiger partial charge in [-0.25, -0.2) is 4.98 Å². The summed E-state index contributed by atoms with van der Waals surface area (Å²) in [5.41, 5.74) is 2.02. The lowest BCUT2D eigenvalue weighted by Gasteiger charge is -1.99. The molecule has 2 rings (SSSR count). The van der Waals surface area contributed by atoms with Crippen LogP contribution in [0.4, 0.5) is 0 Å². The highest BCUT2D eigenvalue weighted by Crippen LogP contribution is 2.22. The van der Waals surface area contributed by atoms with Gasteiger partial charge in [-0.3, -0.25) is 0 Å². The van der Waals surface area contributed by atoms with Crippen LogP contribution in [0, 0.1) is 29.1 Å². The van der Waals surface area contributed by atoms with Gasteiger partial charge in [-0.1, -0.05) is 0 Å². The first kappa shape index (κ1) is 8.98. The van der Waals surface area contributed by atoms with Crippen LogP contribution >= 0.6 is 0 Å². The van der Waals surface area contributed by atoms with Gasteiger partial charge in [0.15, 0.2) is 0 Å². The summed E-state index contributed by atoms with van der Waals surface area (Å²) in [6.45, 7) is 0. The van der Waals surface area contributed by atoms with Crippen molar-refractivity contribution in [2.75, 3.05) is 0 Å². The van der Waals surface area contributed by atoms with Gasteiger partial charge in [-0.2, -0.15) is 10.5 Å². The maximum atomic E-state index is 8.88. The Morgan fingerprint density at radius 3 is 2.73 bits per heavy atom. The molecule has 4 nitrogen and oxygen atoms in total. The summed E-state index contributed by atoms with van der Waals surface area (Å²) in [5.74, 6) is 0. The highest BCUT2D eigenvalue weighted by atomic mass is 16.3. The van der Waals surface area contributed by atoms with E-state index >= 15 is 0 Å². The Bertz CT molecular complexity index is 559. The van der Waals surface area contributed by atoms with Gasteiger partial charge >= 0.3 is 0 Å². The van der Waals surface area contributed by atoms with E-state index in [9.17, 15) is 0 Å². The van der Waals surface area contributed by atoms with Crippen LogP contribution in [-0.2, 0) is 0 Å². The third-order valence-electron chi connectivity index (χ3n) is 1.93. The third kappa shape index (κ3) is 1.56. The van der Waals surface area contributed by atoms with Crippen molar-refractivity contribution in [2.24, 2.45) is 0 Å². The Hall–Kier alpha value is -2.59. The van der Waals surface area contributed by atoms with Gasteiger partial charge in [0.2, 0.25) is 0 Å². The average molecular weight is 194 g/mol. The fraction of sp³-hybridized carbons (Fsp3) is 0. The van der Waals surface area contributed by atoms with Crippen molar-refractivity contribution in [3.63, 3.8) is 0 Å². The topological polar surface area (TPSA) is 73.6 Å². The van der Waals surface area contributed by atoms with Gasteiger partial charge in [0, 0.05) is 5.56 Å². The van der Waals surface area contributed by atoms with Crippen LogP contribution < -0.4 is 0 Å². The molecule has 0 fully saturated rings. The molecule has 0 bridgehead atoms. The summed E-state index contributed by atoms with van der Waals surface area (Å²) < 4.78 is 4.71. The number of hydrogen-bond donors (Lipinski definition) is 0. The largest absolute Gasteiger partial charge is 0.440 e. The first-order valence-electron chi connectivity index (χ1n) is 4.11. The molecule has 0 aliphatic heterocycles. The van der Waals surface area contributed by atoms with Crippen molar-refractivity contribution < 1.29 is 4.42 Å². The standard InChI is InChI=1S/C11H4N3O/c12-4-8-1-2-9(5-13)10(3-8)11-6-15-7-14-11/h1-3,6H. The quantitative estimate of drug-likeness (QED) is 0.694. The zero-order chi connectivity index (χ0) is 10.7. The van der Waals surface area contributed by atoms with E-state index in [0.717, 1.165) is 0 Å². The molecule has 0 unspecified atom stereocenters. The van der Waals surface area contributed by atoms with Crippen LogP contribution in [0.1, 0.15) is 11.1 Å². The monoisotopic (exact) mass is 194 g/mol. The van der Waals surface area contributed by atoms with Crippen molar-refractivity contribution in [3.8, 4) is 23.4 Å². The maximum Gasteiger partial charge on any atom is 0.284 e. The SMILES string of the molecule is N#Cc1ccc(C#N)c(-c2co[c]n2)c1. The van der Waals surface area contributed by atoms with E-state index in [2.05, 4.69) is 11.4 Å². The molecule has 0 saturated carbocycles. The van der Waals surface area contributed by atoms with Crippen LogP contribution in [0.3, 0.4) is 0 Å². The van der Waals surface area contributed by atoms with Gasteiger partial charge in [0.1, 0.15) is 12.0 Å². The van der Waals surface area contributed by atoms with Gasteiger partial charge in [-0.05, 0) is 18.2 Å². The number of hydrogen-bond acceptors (Lipinski definition) is 4. The molecule has 0 saturated heterocycles. The summed E-state index contributed by atoms with van der Waals surface area (Å²) in [6.07, 6.45) is 3.69. The lowest BCUT2D eigenvalue weighted by Crippen LogP contribution is -1.86. The fourth-order valence-corrected chi connectivity index (χ4v) is 1.23. The Balaban J connectivity index is 2.65. The normalized spacial score (nSPS) is 9.20. The van der Waals surface area contributed by atoms with Crippen molar-refractivity contribution in [2.45, 2.75) is 0 Å². The lowest BCUT2D eigenvalue weighted by molar-refractivity contribution is 0.548. The molecule has 0 atom stereocenters. The van der Waals surface area contributed by atoms with Crippen LogP contribution in [0.5, 0.6) is 0 Å². The predicted octanol–water partition coefficient (Wildman–Crippen LogP) is 1.89. The minimum absolute atomic E-state index is 0.455. The molecule has 1 aromatic heterocycles. The minimum atomic E-state index is 0.455. The molecule has 2 aromatic rings. The van der Waals surface area contributed by atoms with Crippen LogP contribution in [0.2, 0.25) is 0 Å². The second-order valence-corrected chi connectivity index (χ2v) is 2.81. The predicted molar refractivity (Wildman–Crippen MR) is 50.2 cm³/mol. The summed E-state index contributed by atoms with van der Waals surface area (Å²) in [5, 5.41) is 17.6. The Kier molecular flexibility index (Phi) is 2.19. The molecule has 1 aromatic carbocycles. The summed E-state index contributed by atoms with van der Waals surface area (Å²) >= 11 is 0. The van der Waals surface area contributed by atoms with E-state index in [0.29, 0.717) is 22.4 Å². The van der Waals surface area contributed by atoms with Crippen molar-refractivity contribution >= 4 is 0 Å². The second-order valence-electron chi connectivity index (χ2n) is 2.81. The Labute approximate surface area is 86.0 Å². The van der Waals surface area contributed by atoms with Gasteiger partial charge in [-0.15, -0.1) is 0 Å². The molecule has 0 amide bonds. The molecule has 4 heteroatoms. The van der Waals surface area contributed by atoms with Crippen LogP contribution in [0.15, 0.2) is 28.9 Å². The van der Waals surface area contributed by atoms with E-state index in [1.165, 1.54) is 6.26 Å². The van der Waals surface area contributed by atoms with E-state index < -0.39 is 0 Å². The molecule has 1 heterocycles. The summed E-state index contributed by atoms with van der Waals surface area (Å²) in [7, 11) is 0. The number of rotatable bonds is 1. The second kappa shape index (κ2) is 3.65. The number of aromatic nitrogens is 1. The molecule has 15 heavy (non-hydrogen) atoms. The Morgan fingerprint density at radius 2 is 2.13 bits per heavy atom. The van der Waals surface area contributed by atoms with Crippen molar-refractivity contribution in [1.29, 1.82) is 10.5 Å². The first-order chi connectivity index (χ1) is 7.35. The van der Waals surface area contributed by atoms with Gasteiger partial charge in [0.25, 0.3) is 6.39 Å². The molecule has 69 valence electrons. The van der Waals surface area contributed by atoms with Crippen molar-refractivity contribution in [3.05, 3.63) is 42.0 Å². The van der Waals surface area contributed by atoms with Crippen molar-refractivity contribution in [1.82, 2.24) is 4.98 Å². The third-order valence-corrected chi connectivity index (χ3v) is 1.93.